The molecule has 184 valence electrons. The summed E-state index contributed by atoms with van der Waals surface area (Å²) in [4.78, 5) is 12.5. The molecule has 4 aromatic rings. The van der Waals surface area contributed by atoms with E-state index in [4.69, 9.17) is 4.74 Å². The van der Waals surface area contributed by atoms with Crippen molar-refractivity contribution in [1.82, 2.24) is 20.2 Å². The van der Waals surface area contributed by atoms with E-state index in [1.165, 1.54) is 18.0 Å². The highest BCUT2D eigenvalue weighted by molar-refractivity contribution is 9.11. The van der Waals surface area contributed by atoms with Crippen LogP contribution in [-0.4, -0.2) is 44.4 Å². The Morgan fingerprint density at radius 1 is 1.14 bits per heavy atom. The van der Waals surface area contributed by atoms with E-state index in [-0.39, 0.29) is 17.4 Å². The minimum absolute atomic E-state index is 0.0301. The molecule has 36 heavy (non-hydrogen) atoms. The van der Waals surface area contributed by atoms with Gasteiger partial charge in [-0.25, -0.2) is 5.43 Å². The molecule has 11 heteroatoms. The zero-order valence-corrected chi connectivity index (χ0v) is 23.0. The van der Waals surface area contributed by atoms with Gasteiger partial charge in [0.1, 0.15) is 11.5 Å². The van der Waals surface area contributed by atoms with Gasteiger partial charge in [-0.15, -0.1) is 10.2 Å². The number of nitrogens with one attached hydrogen (secondary N) is 1. The van der Waals surface area contributed by atoms with Crippen molar-refractivity contribution in [3.63, 3.8) is 0 Å². The Hall–Kier alpha value is -3.15. The zero-order valence-electron chi connectivity index (χ0n) is 19.1. The molecule has 0 saturated carbocycles. The number of ether oxygens (including phenoxy) is 1. The Morgan fingerprint density at radius 3 is 2.61 bits per heavy atom. The first-order valence-electron chi connectivity index (χ1n) is 10.8. The zero-order chi connectivity index (χ0) is 25.5. The summed E-state index contributed by atoms with van der Waals surface area (Å²) in [6.45, 7) is 2.52. The normalized spacial score (nSPS) is 11.1. The van der Waals surface area contributed by atoms with Crippen LogP contribution < -0.4 is 10.2 Å². The van der Waals surface area contributed by atoms with Crippen LogP contribution in [0.1, 0.15) is 12.5 Å². The number of hydrogen-bond donors (Lipinski definition) is 2. The van der Waals surface area contributed by atoms with Gasteiger partial charge in [-0.3, -0.25) is 9.36 Å². The van der Waals surface area contributed by atoms with Gasteiger partial charge in [0.25, 0.3) is 5.91 Å². The average molecular weight is 631 g/mol. The Balaban J connectivity index is 1.51. The van der Waals surface area contributed by atoms with Crippen LogP contribution in [0.3, 0.4) is 0 Å². The molecule has 4 rings (SSSR count). The van der Waals surface area contributed by atoms with Crippen molar-refractivity contribution in [2.75, 3.05) is 12.4 Å². The maximum absolute atomic E-state index is 12.5. The van der Waals surface area contributed by atoms with Crippen molar-refractivity contribution in [2.45, 2.75) is 12.1 Å². The van der Waals surface area contributed by atoms with Gasteiger partial charge < -0.3 is 9.84 Å². The number of phenols is 1. The molecule has 8 nitrogen and oxygen atoms in total. The molecule has 0 fully saturated rings. The van der Waals surface area contributed by atoms with Gasteiger partial charge in [0, 0.05) is 21.3 Å². The number of aromatic nitrogens is 3. The third-order valence-electron chi connectivity index (χ3n) is 4.85. The van der Waals surface area contributed by atoms with Gasteiger partial charge >= 0.3 is 0 Å². The summed E-state index contributed by atoms with van der Waals surface area (Å²) in [5, 5.41) is 23.4. The van der Waals surface area contributed by atoms with E-state index in [1.54, 1.807) is 12.1 Å². The quantitative estimate of drug-likeness (QED) is 0.138. The van der Waals surface area contributed by atoms with E-state index < -0.39 is 0 Å². The first-order valence-corrected chi connectivity index (χ1v) is 13.4. The lowest BCUT2D eigenvalue weighted by Crippen LogP contribution is -2.20. The van der Waals surface area contributed by atoms with E-state index in [1.807, 2.05) is 66.1 Å². The standard InChI is InChI=1S/C25H21Br2N5O3S/c1-2-35-20-10-8-19(9-11-20)32-24(16-6-4-3-5-7-16)30-31-25(32)36-15-22(33)29-28-14-17-12-18(26)13-21(27)23(17)34/h3-14,34H,2,15H2,1H3,(H,29,33)/b28-14+. The molecular weight excluding hydrogens is 610 g/mol. The number of carbonyl (C=O) groups is 1. The minimum atomic E-state index is -0.327. The summed E-state index contributed by atoms with van der Waals surface area (Å²) in [5.74, 6) is 1.20. The van der Waals surface area contributed by atoms with Gasteiger partial charge in [0.05, 0.1) is 23.0 Å². The van der Waals surface area contributed by atoms with E-state index >= 15 is 0 Å². The SMILES string of the molecule is CCOc1ccc(-n2c(SCC(=O)N/N=C/c3cc(Br)cc(Br)c3O)nnc2-c2ccccc2)cc1. The summed E-state index contributed by atoms with van der Waals surface area (Å²) in [6.07, 6.45) is 1.38. The average Bonchev–Trinajstić information content (AvgIpc) is 3.31. The number of carbonyl (C=O) groups excluding carboxylic acids is 1. The molecule has 2 N–H and O–H groups in total. The van der Waals surface area contributed by atoms with E-state index in [2.05, 4.69) is 52.6 Å². The fourth-order valence-electron chi connectivity index (χ4n) is 3.25. The molecule has 0 aliphatic rings. The van der Waals surface area contributed by atoms with Crippen molar-refractivity contribution in [3.05, 3.63) is 81.2 Å². The highest BCUT2D eigenvalue weighted by Gasteiger charge is 2.17. The van der Waals surface area contributed by atoms with Crippen LogP contribution in [0.15, 0.2) is 85.9 Å². The predicted molar refractivity (Wildman–Crippen MR) is 148 cm³/mol. The van der Waals surface area contributed by atoms with Crippen LogP contribution in [0.5, 0.6) is 11.5 Å². The van der Waals surface area contributed by atoms with E-state index in [0.29, 0.717) is 27.6 Å². The first-order chi connectivity index (χ1) is 17.5. The summed E-state index contributed by atoms with van der Waals surface area (Å²) in [6, 6.07) is 20.8. The maximum atomic E-state index is 12.5. The monoisotopic (exact) mass is 629 g/mol. The number of thioether (sulfide) groups is 1. The molecule has 0 radical (unpaired) electrons. The van der Waals surface area contributed by atoms with Crippen molar-refractivity contribution in [2.24, 2.45) is 5.10 Å². The summed E-state index contributed by atoms with van der Waals surface area (Å²) in [5.41, 5.74) is 4.68. The van der Waals surface area contributed by atoms with E-state index in [0.717, 1.165) is 21.5 Å². The Labute approximate surface area is 229 Å². The van der Waals surface area contributed by atoms with Gasteiger partial charge in [0.2, 0.25) is 0 Å². The van der Waals surface area contributed by atoms with Crippen LogP contribution >= 0.6 is 43.6 Å². The van der Waals surface area contributed by atoms with Crippen molar-refractivity contribution in [3.8, 4) is 28.6 Å². The largest absolute Gasteiger partial charge is 0.506 e. The molecule has 0 unspecified atom stereocenters. The molecule has 0 aliphatic carbocycles. The Kier molecular flexibility index (Phi) is 8.79. The number of nitrogens with zero attached hydrogens (tertiary/aromatic N) is 4. The van der Waals surface area contributed by atoms with Gasteiger partial charge in [-0.05, 0) is 59.3 Å². The number of hydrazone groups is 1. The highest BCUT2D eigenvalue weighted by Crippen LogP contribution is 2.31. The second-order valence-corrected chi connectivity index (χ2v) is 10.1. The number of amides is 1. The summed E-state index contributed by atoms with van der Waals surface area (Å²) >= 11 is 7.87. The summed E-state index contributed by atoms with van der Waals surface area (Å²) in [7, 11) is 0. The molecule has 0 bridgehead atoms. The third-order valence-corrected chi connectivity index (χ3v) is 6.85. The lowest BCUT2D eigenvalue weighted by Gasteiger charge is -2.11. The first kappa shape index (κ1) is 25.9. The molecule has 1 amide bonds. The lowest BCUT2D eigenvalue weighted by molar-refractivity contribution is -0.118. The Bertz CT molecular complexity index is 1380. The van der Waals surface area contributed by atoms with Crippen LogP contribution in [0, 0.1) is 0 Å². The summed E-state index contributed by atoms with van der Waals surface area (Å²) < 4.78 is 8.74. The number of rotatable bonds is 9. The van der Waals surface area contributed by atoms with Gasteiger partial charge in [-0.2, -0.15) is 5.10 Å². The van der Waals surface area contributed by atoms with Crippen LogP contribution in [0.4, 0.5) is 0 Å². The van der Waals surface area contributed by atoms with Crippen LogP contribution in [0.2, 0.25) is 0 Å². The topological polar surface area (TPSA) is 102 Å². The molecular formula is C25H21Br2N5O3S. The van der Waals surface area contributed by atoms with E-state index in [9.17, 15) is 9.90 Å². The molecule has 0 atom stereocenters. The predicted octanol–water partition coefficient (Wildman–Crippen LogP) is 5.81. The number of hydrogen-bond acceptors (Lipinski definition) is 7. The van der Waals surface area contributed by atoms with Gasteiger partial charge in [0.15, 0.2) is 11.0 Å². The Morgan fingerprint density at radius 2 is 1.89 bits per heavy atom. The molecule has 3 aromatic carbocycles. The number of halogens is 2. The smallest absolute Gasteiger partial charge is 0.250 e. The lowest BCUT2D eigenvalue weighted by atomic mass is 10.2. The molecule has 0 saturated heterocycles. The number of phenolic OH excluding ortho intramolecular Hbond substituents is 1. The molecule has 1 heterocycles. The van der Waals surface area contributed by atoms with Crippen molar-refractivity contribution < 1.29 is 14.6 Å². The molecule has 1 aromatic heterocycles. The highest BCUT2D eigenvalue weighted by atomic mass is 79.9. The fourth-order valence-corrected chi connectivity index (χ4v) is 5.25. The van der Waals surface area contributed by atoms with Crippen molar-refractivity contribution >= 4 is 55.7 Å². The van der Waals surface area contributed by atoms with Crippen molar-refractivity contribution in [1.29, 1.82) is 0 Å². The number of aromatic hydroxyl groups is 1. The minimum Gasteiger partial charge on any atom is -0.506 e. The van der Waals surface area contributed by atoms with Gasteiger partial charge in [-0.1, -0.05) is 58.0 Å². The number of benzene rings is 3. The maximum Gasteiger partial charge on any atom is 0.250 e. The van der Waals surface area contributed by atoms with Crippen LogP contribution in [-0.2, 0) is 4.79 Å². The fraction of sp³-hybridized carbons (Fsp3) is 0.120. The van der Waals surface area contributed by atoms with Crippen LogP contribution in [0.25, 0.3) is 17.1 Å². The third kappa shape index (κ3) is 6.34. The second-order valence-electron chi connectivity index (χ2n) is 7.34. The molecule has 0 spiro atoms. The molecule has 0 aliphatic heterocycles. The second kappa shape index (κ2) is 12.2.